The van der Waals surface area contributed by atoms with E-state index in [-0.39, 0.29) is 36.5 Å². The van der Waals surface area contributed by atoms with Crippen molar-refractivity contribution in [2.75, 3.05) is 51.3 Å². The fourth-order valence-corrected chi connectivity index (χ4v) is 3.27. The number of esters is 1. The summed E-state index contributed by atoms with van der Waals surface area (Å²) in [6.07, 6.45) is 1.05. The average Bonchev–Trinajstić information content (AvgIpc) is 3.18. The molecular formula is C21H27N5O5. The quantitative estimate of drug-likeness (QED) is 0.669. The summed E-state index contributed by atoms with van der Waals surface area (Å²) in [5.41, 5.74) is 0.891. The number of anilines is 1. The average molecular weight is 429 g/mol. The van der Waals surface area contributed by atoms with Gasteiger partial charge in [0.25, 0.3) is 0 Å². The van der Waals surface area contributed by atoms with E-state index in [1.54, 1.807) is 18.7 Å². The first kappa shape index (κ1) is 22.3. The van der Waals surface area contributed by atoms with E-state index in [2.05, 4.69) is 10.4 Å². The third kappa shape index (κ3) is 5.60. The van der Waals surface area contributed by atoms with Crippen LogP contribution in [0.4, 0.5) is 10.6 Å². The molecule has 0 saturated carbocycles. The van der Waals surface area contributed by atoms with Crippen LogP contribution in [-0.4, -0.2) is 83.5 Å². The van der Waals surface area contributed by atoms with Gasteiger partial charge in [-0.1, -0.05) is 18.2 Å². The second-order valence-corrected chi connectivity index (χ2v) is 6.88. The van der Waals surface area contributed by atoms with Gasteiger partial charge in [-0.2, -0.15) is 5.10 Å². The SMILES string of the molecule is CCOC(=O)c1cnn(-c2ccccc2)c1NC(=O)CN1CCN(C(=O)OCC)CC1. The van der Waals surface area contributed by atoms with Crippen molar-refractivity contribution in [3.05, 3.63) is 42.1 Å². The third-order valence-corrected chi connectivity index (χ3v) is 4.79. The Bertz CT molecular complexity index is 906. The van der Waals surface area contributed by atoms with Crippen LogP contribution < -0.4 is 5.32 Å². The van der Waals surface area contributed by atoms with E-state index in [9.17, 15) is 14.4 Å². The van der Waals surface area contributed by atoms with Gasteiger partial charge in [0.2, 0.25) is 5.91 Å². The second-order valence-electron chi connectivity index (χ2n) is 6.88. The van der Waals surface area contributed by atoms with Crippen molar-refractivity contribution in [1.82, 2.24) is 19.6 Å². The molecule has 1 aliphatic heterocycles. The monoisotopic (exact) mass is 429 g/mol. The number of carbonyl (C=O) groups excluding carboxylic acids is 3. The molecule has 3 rings (SSSR count). The topological polar surface area (TPSA) is 106 Å². The van der Waals surface area contributed by atoms with Crippen LogP contribution in [0.25, 0.3) is 5.69 Å². The number of ether oxygens (including phenoxy) is 2. The predicted molar refractivity (Wildman–Crippen MR) is 113 cm³/mol. The van der Waals surface area contributed by atoms with Crippen molar-refractivity contribution in [1.29, 1.82) is 0 Å². The number of carbonyl (C=O) groups is 3. The van der Waals surface area contributed by atoms with Crippen molar-refractivity contribution in [2.24, 2.45) is 0 Å². The summed E-state index contributed by atoms with van der Waals surface area (Å²) in [6, 6.07) is 9.21. The summed E-state index contributed by atoms with van der Waals surface area (Å²) in [6.45, 7) is 6.23. The molecule has 1 aliphatic rings. The maximum Gasteiger partial charge on any atom is 0.409 e. The molecule has 1 N–H and O–H groups in total. The van der Waals surface area contributed by atoms with E-state index in [4.69, 9.17) is 9.47 Å². The largest absolute Gasteiger partial charge is 0.462 e. The molecule has 0 radical (unpaired) electrons. The van der Waals surface area contributed by atoms with Gasteiger partial charge in [-0.3, -0.25) is 9.69 Å². The molecule has 10 heteroatoms. The number of amides is 2. The lowest BCUT2D eigenvalue weighted by atomic mass is 10.3. The lowest BCUT2D eigenvalue weighted by Crippen LogP contribution is -2.50. The summed E-state index contributed by atoms with van der Waals surface area (Å²) in [5.74, 6) is -0.573. The third-order valence-electron chi connectivity index (χ3n) is 4.79. The van der Waals surface area contributed by atoms with Crippen molar-refractivity contribution < 1.29 is 23.9 Å². The first-order valence-electron chi connectivity index (χ1n) is 10.3. The zero-order valence-corrected chi connectivity index (χ0v) is 17.7. The normalized spacial score (nSPS) is 14.2. The molecule has 166 valence electrons. The number of nitrogens with one attached hydrogen (secondary N) is 1. The summed E-state index contributed by atoms with van der Waals surface area (Å²) in [5, 5.41) is 7.08. The van der Waals surface area contributed by atoms with Gasteiger partial charge in [-0.05, 0) is 26.0 Å². The number of hydrogen-bond acceptors (Lipinski definition) is 7. The standard InChI is InChI=1S/C21H27N5O5/c1-3-30-20(28)17-14-22-26(16-8-6-5-7-9-16)19(17)23-18(27)15-24-10-12-25(13-11-24)21(29)31-4-2/h5-9,14H,3-4,10-13,15H2,1-2H3,(H,23,27). The molecule has 0 unspecified atom stereocenters. The molecular weight excluding hydrogens is 402 g/mol. The van der Waals surface area contributed by atoms with Gasteiger partial charge in [0.05, 0.1) is 31.6 Å². The van der Waals surface area contributed by atoms with Crippen molar-refractivity contribution in [3.8, 4) is 5.69 Å². The molecule has 0 spiro atoms. The summed E-state index contributed by atoms with van der Waals surface area (Å²) in [4.78, 5) is 40.5. The van der Waals surface area contributed by atoms with Crippen LogP contribution in [0.5, 0.6) is 0 Å². The second kappa shape index (κ2) is 10.6. The Labute approximate surface area is 180 Å². The van der Waals surface area contributed by atoms with Crippen LogP contribution in [0.1, 0.15) is 24.2 Å². The van der Waals surface area contributed by atoms with Crippen molar-refractivity contribution >= 4 is 23.8 Å². The Kier molecular flexibility index (Phi) is 7.60. The molecule has 1 aromatic heterocycles. The number of para-hydroxylation sites is 1. The lowest BCUT2D eigenvalue weighted by molar-refractivity contribution is -0.117. The molecule has 0 atom stereocenters. The summed E-state index contributed by atoms with van der Waals surface area (Å²) < 4.78 is 11.6. The minimum absolute atomic E-state index is 0.124. The van der Waals surface area contributed by atoms with Crippen LogP contribution in [-0.2, 0) is 14.3 Å². The van der Waals surface area contributed by atoms with Gasteiger partial charge in [-0.25, -0.2) is 14.3 Å². The Hall–Kier alpha value is -3.40. The van der Waals surface area contributed by atoms with Gasteiger partial charge in [0, 0.05) is 26.2 Å². The van der Waals surface area contributed by atoms with Gasteiger partial charge < -0.3 is 19.7 Å². The maximum atomic E-state index is 12.8. The predicted octanol–water partition coefficient (Wildman–Crippen LogP) is 1.76. The van der Waals surface area contributed by atoms with Crippen LogP contribution in [0, 0.1) is 0 Å². The zero-order valence-electron chi connectivity index (χ0n) is 17.7. The Morgan fingerprint density at radius 1 is 1.00 bits per heavy atom. The van der Waals surface area contributed by atoms with E-state index < -0.39 is 5.97 Å². The number of rotatable bonds is 7. The number of benzene rings is 1. The highest BCUT2D eigenvalue weighted by Gasteiger charge is 2.25. The van der Waals surface area contributed by atoms with E-state index in [1.165, 1.54) is 10.9 Å². The molecule has 2 aromatic rings. The number of piperazine rings is 1. The Morgan fingerprint density at radius 3 is 2.32 bits per heavy atom. The van der Waals surface area contributed by atoms with E-state index in [1.807, 2.05) is 35.2 Å². The fraction of sp³-hybridized carbons (Fsp3) is 0.429. The van der Waals surface area contributed by atoms with Crippen molar-refractivity contribution in [2.45, 2.75) is 13.8 Å². The minimum atomic E-state index is -0.553. The smallest absolute Gasteiger partial charge is 0.409 e. The molecule has 0 bridgehead atoms. The van der Waals surface area contributed by atoms with Crippen LogP contribution in [0.15, 0.2) is 36.5 Å². The first-order chi connectivity index (χ1) is 15.0. The highest BCUT2D eigenvalue weighted by atomic mass is 16.6. The van der Waals surface area contributed by atoms with Gasteiger partial charge in [0.15, 0.2) is 5.82 Å². The highest BCUT2D eigenvalue weighted by Crippen LogP contribution is 2.21. The minimum Gasteiger partial charge on any atom is -0.462 e. The highest BCUT2D eigenvalue weighted by molar-refractivity contribution is 6.01. The van der Waals surface area contributed by atoms with Crippen LogP contribution in [0.2, 0.25) is 0 Å². The van der Waals surface area contributed by atoms with Crippen molar-refractivity contribution in [3.63, 3.8) is 0 Å². The van der Waals surface area contributed by atoms with Crippen LogP contribution >= 0.6 is 0 Å². The van der Waals surface area contributed by atoms with Gasteiger partial charge in [-0.15, -0.1) is 0 Å². The molecule has 2 heterocycles. The summed E-state index contributed by atoms with van der Waals surface area (Å²) >= 11 is 0. The number of nitrogens with zero attached hydrogens (tertiary/aromatic N) is 4. The fourth-order valence-electron chi connectivity index (χ4n) is 3.27. The summed E-state index contributed by atoms with van der Waals surface area (Å²) in [7, 11) is 0. The lowest BCUT2D eigenvalue weighted by Gasteiger charge is -2.33. The molecule has 1 fully saturated rings. The molecule has 1 aromatic carbocycles. The van der Waals surface area contributed by atoms with Crippen LogP contribution in [0.3, 0.4) is 0 Å². The van der Waals surface area contributed by atoms with E-state index >= 15 is 0 Å². The van der Waals surface area contributed by atoms with Gasteiger partial charge >= 0.3 is 12.1 Å². The van der Waals surface area contributed by atoms with E-state index in [0.29, 0.717) is 38.5 Å². The maximum absolute atomic E-state index is 12.8. The Balaban J connectivity index is 1.68. The molecule has 2 amide bonds. The molecule has 0 aliphatic carbocycles. The first-order valence-corrected chi connectivity index (χ1v) is 10.3. The molecule has 10 nitrogen and oxygen atoms in total. The van der Waals surface area contributed by atoms with E-state index in [0.717, 1.165) is 0 Å². The van der Waals surface area contributed by atoms with Gasteiger partial charge in [0.1, 0.15) is 5.56 Å². The molecule has 1 saturated heterocycles. The zero-order chi connectivity index (χ0) is 22.2. The Morgan fingerprint density at radius 2 is 1.68 bits per heavy atom. The molecule has 31 heavy (non-hydrogen) atoms. The number of hydrogen-bond donors (Lipinski definition) is 1. The number of aromatic nitrogens is 2.